The monoisotopic (exact) mass is 286 g/mol. The smallest absolute Gasteiger partial charge is 0.0547 e. The van der Waals surface area contributed by atoms with Gasteiger partial charge in [0.25, 0.3) is 0 Å². The predicted octanol–water partition coefficient (Wildman–Crippen LogP) is 4.46. The number of hydrogen-bond donors (Lipinski definition) is 1. The number of nitrogens with zero attached hydrogens (tertiary/aromatic N) is 1. The molecule has 0 aliphatic carbocycles. The van der Waals surface area contributed by atoms with Crippen LogP contribution in [0.3, 0.4) is 0 Å². The number of aromatic nitrogens is 1. The van der Waals surface area contributed by atoms with Crippen molar-refractivity contribution in [2.24, 2.45) is 0 Å². The fourth-order valence-electron chi connectivity index (χ4n) is 4.04. The van der Waals surface area contributed by atoms with E-state index in [4.69, 9.17) is 0 Å². The predicted molar refractivity (Wildman–Crippen MR) is 93.3 cm³/mol. The van der Waals surface area contributed by atoms with Crippen LogP contribution in [0.4, 0.5) is 0 Å². The van der Waals surface area contributed by atoms with Crippen LogP contribution >= 0.6 is 0 Å². The van der Waals surface area contributed by atoms with Crippen LogP contribution in [0.2, 0.25) is 0 Å². The zero-order valence-corrected chi connectivity index (χ0v) is 12.7. The van der Waals surface area contributed by atoms with Crippen molar-refractivity contribution in [2.45, 2.75) is 13.0 Å². The molecule has 0 atom stereocenters. The Bertz CT molecular complexity index is 1030. The Labute approximate surface area is 129 Å². The van der Waals surface area contributed by atoms with Crippen molar-refractivity contribution < 1.29 is 0 Å². The number of fused-ring (bicyclic) bond motifs is 8. The molecule has 2 heterocycles. The van der Waals surface area contributed by atoms with Crippen LogP contribution in [-0.4, -0.2) is 23.5 Å². The molecule has 1 aromatic heterocycles. The number of para-hydroxylation sites is 1. The van der Waals surface area contributed by atoms with Crippen LogP contribution in [-0.2, 0) is 13.0 Å². The third kappa shape index (κ3) is 1.53. The summed E-state index contributed by atoms with van der Waals surface area (Å²) in [4.78, 5) is 6.09. The molecule has 0 radical (unpaired) electrons. The van der Waals surface area contributed by atoms with E-state index in [2.05, 4.69) is 65.5 Å². The highest BCUT2D eigenvalue weighted by molar-refractivity contribution is 6.19. The number of likely N-dealkylation sites (N-methyl/N-ethyl adjacent to an activating group) is 1. The van der Waals surface area contributed by atoms with Crippen LogP contribution in [0.15, 0.2) is 48.5 Å². The molecule has 1 N–H and O–H groups in total. The highest BCUT2D eigenvalue weighted by atomic mass is 15.1. The normalized spacial score (nSPS) is 15.7. The Balaban J connectivity index is 2.07. The number of aromatic amines is 1. The van der Waals surface area contributed by atoms with Gasteiger partial charge < -0.3 is 9.88 Å². The van der Waals surface area contributed by atoms with Gasteiger partial charge in [-0.2, -0.15) is 0 Å². The minimum atomic E-state index is 1.05. The molecule has 22 heavy (non-hydrogen) atoms. The first-order valence-corrected chi connectivity index (χ1v) is 7.94. The Morgan fingerprint density at radius 3 is 2.45 bits per heavy atom. The highest BCUT2D eigenvalue weighted by Crippen LogP contribution is 2.39. The molecule has 2 heteroatoms. The zero-order chi connectivity index (χ0) is 14.7. The molecule has 1 aliphatic heterocycles. The van der Waals surface area contributed by atoms with E-state index in [0.717, 1.165) is 19.5 Å². The largest absolute Gasteiger partial charge is 0.354 e. The van der Waals surface area contributed by atoms with Crippen molar-refractivity contribution in [2.75, 3.05) is 13.6 Å². The Hall–Kier alpha value is -2.32. The van der Waals surface area contributed by atoms with Crippen molar-refractivity contribution >= 4 is 32.6 Å². The number of rotatable bonds is 0. The second-order valence-corrected chi connectivity index (χ2v) is 6.41. The molecule has 5 rings (SSSR count). The fraction of sp³-hybridized carbons (Fsp3) is 0.200. The second kappa shape index (κ2) is 4.34. The summed E-state index contributed by atoms with van der Waals surface area (Å²) in [7, 11) is 2.22. The van der Waals surface area contributed by atoms with Gasteiger partial charge in [0.2, 0.25) is 0 Å². The second-order valence-electron chi connectivity index (χ2n) is 6.41. The summed E-state index contributed by atoms with van der Waals surface area (Å²) in [6.45, 7) is 2.19. The molecule has 0 unspecified atom stereocenters. The van der Waals surface area contributed by atoms with Crippen LogP contribution in [0.1, 0.15) is 11.1 Å². The zero-order valence-electron chi connectivity index (χ0n) is 12.7. The Morgan fingerprint density at radius 2 is 1.59 bits per heavy atom. The first-order chi connectivity index (χ1) is 10.8. The maximum absolute atomic E-state index is 3.67. The highest BCUT2D eigenvalue weighted by Gasteiger charge is 2.21. The van der Waals surface area contributed by atoms with Gasteiger partial charge in [-0.05, 0) is 36.0 Å². The minimum absolute atomic E-state index is 1.05. The molecular weight excluding hydrogens is 268 g/mol. The van der Waals surface area contributed by atoms with E-state index in [9.17, 15) is 0 Å². The van der Waals surface area contributed by atoms with E-state index in [1.807, 2.05) is 0 Å². The number of nitrogens with one attached hydrogen (secondary N) is 1. The van der Waals surface area contributed by atoms with Crippen molar-refractivity contribution in [3.05, 3.63) is 59.7 Å². The first kappa shape index (κ1) is 12.2. The number of H-pyrrole nitrogens is 1. The summed E-state index contributed by atoms with van der Waals surface area (Å²) >= 11 is 0. The average molecular weight is 286 g/mol. The lowest BCUT2D eigenvalue weighted by molar-refractivity contribution is 0.315. The van der Waals surface area contributed by atoms with E-state index >= 15 is 0 Å². The lowest BCUT2D eigenvalue weighted by Crippen LogP contribution is -2.26. The van der Waals surface area contributed by atoms with E-state index in [-0.39, 0.29) is 0 Å². The maximum Gasteiger partial charge on any atom is 0.0547 e. The first-order valence-electron chi connectivity index (χ1n) is 7.94. The standard InChI is InChI=1S/C20H18N2/c1-22-11-10-14-17(12-22)13-6-2-3-7-15(13)20-19(14)16-8-4-5-9-18(16)21-20/h2-9,21H,10-12H2,1H3. The molecule has 2 nitrogen and oxygen atoms in total. The minimum Gasteiger partial charge on any atom is -0.354 e. The fourth-order valence-corrected chi connectivity index (χ4v) is 4.04. The maximum atomic E-state index is 3.67. The van der Waals surface area contributed by atoms with Crippen LogP contribution in [0.25, 0.3) is 32.6 Å². The van der Waals surface area contributed by atoms with Gasteiger partial charge in [0, 0.05) is 34.8 Å². The van der Waals surface area contributed by atoms with E-state index < -0.39 is 0 Å². The van der Waals surface area contributed by atoms with Gasteiger partial charge in [0.15, 0.2) is 0 Å². The van der Waals surface area contributed by atoms with Crippen LogP contribution in [0, 0.1) is 0 Å². The summed E-state index contributed by atoms with van der Waals surface area (Å²) in [6.07, 6.45) is 1.13. The van der Waals surface area contributed by atoms with E-state index in [1.54, 1.807) is 5.56 Å². The van der Waals surface area contributed by atoms with E-state index in [0.29, 0.717) is 0 Å². The number of hydrogen-bond acceptors (Lipinski definition) is 1. The molecule has 0 amide bonds. The van der Waals surface area contributed by atoms with Gasteiger partial charge in [-0.15, -0.1) is 0 Å². The number of benzene rings is 3. The summed E-state index contributed by atoms with van der Waals surface area (Å²) in [5.41, 5.74) is 5.61. The topological polar surface area (TPSA) is 19.0 Å². The van der Waals surface area contributed by atoms with E-state index in [1.165, 1.54) is 38.1 Å². The van der Waals surface area contributed by atoms with Gasteiger partial charge >= 0.3 is 0 Å². The van der Waals surface area contributed by atoms with Gasteiger partial charge in [-0.1, -0.05) is 42.5 Å². The van der Waals surface area contributed by atoms with Gasteiger partial charge in [-0.3, -0.25) is 0 Å². The van der Waals surface area contributed by atoms with Crippen molar-refractivity contribution in [1.82, 2.24) is 9.88 Å². The molecule has 0 bridgehead atoms. The van der Waals surface area contributed by atoms with Crippen LogP contribution < -0.4 is 0 Å². The molecular formula is C20H18N2. The molecule has 3 aromatic carbocycles. The van der Waals surface area contributed by atoms with Crippen molar-refractivity contribution in [3.8, 4) is 0 Å². The Kier molecular flexibility index (Phi) is 2.42. The third-order valence-electron chi connectivity index (χ3n) is 5.07. The van der Waals surface area contributed by atoms with Crippen LogP contribution in [0.5, 0.6) is 0 Å². The third-order valence-corrected chi connectivity index (χ3v) is 5.07. The van der Waals surface area contributed by atoms with Gasteiger partial charge in [-0.25, -0.2) is 0 Å². The quantitative estimate of drug-likeness (QED) is 0.505. The molecule has 0 fully saturated rings. The Morgan fingerprint density at radius 1 is 0.864 bits per heavy atom. The summed E-state index contributed by atoms with van der Waals surface area (Å²) < 4.78 is 0. The lowest BCUT2D eigenvalue weighted by atomic mass is 9.89. The summed E-state index contributed by atoms with van der Waals surface area (Å²) in [5.74, 6) is 0. The molecule has 108 valence electrons. The molecule has 0 spiro atoms. The average Bonchev–Trinajstić information content (AvgIpc) is 2.95. The SMILES string of the molecule is CN1CCc2c(c3ccccc3c3[nH]c4ccccc4c23)C1. The van der Waals surface area contributed by atoms with Crippen molar-refractivity contribution in [1.29, 1.82) is 0 Å². The van der Waals surface area contributed by atoms with Gasteiger partial charge in [0.05, 0.1) is 5.52 Å². The molecule has 1 aliphatic rings. The molecule has 0 saturated carbocycles. The lowest BCUT2D eigenvalue weighted by Gasteiger charge is -2.27. The molecule has 4 aromatic rings. The summed E-state index contributed by atoms with van der Waals surface area (Å²) in [5, 5.41) is 5.56. The van der Waals surface area contributed by atoms with Crippen molar-refractivity contribution in [3.63, 3.8) is 0 Å². The molecule has 0 saturated heterocycles. The van der Waals surface area contributed by atoms with Gasteiger partial charge in [0.1, 0.15) is 0 Å². The summed E-state index contributed by atoms with van der Waals surface area (Å²) in [6, 6.07) is 17.5.